The standard InChI is InChI=1S/C14H23FN2O.C13H24N2O.2C12H23FN2O.C12H22N2O.C11H21FN2O.C10H19FN2O/c1-17-9-11(15)8-12(17)13(18)16-14-6-2-4-10(14)5-3-7-14;1-13(8-4-3-5-9-13)14-12(16)11-7-6-10-15(11)2;2*1-8(12(2,3)4)14-11(16)10-6-9(13)7-15(10)5;1-12(7-3-4-8-12)13-11(15)10-6-5-9-14(10)2;1-5-11(2,3)13-10(15)9-6-8(12)7-14(9)4;1-10(2,3)12-9(14)8-5-7(11)6-13(8)4/h10-12H,2-9H2,1H3,(H,16,18);11H,3-10H2,1-2H3,(H,14,16);2*8-10H,6-7H2,1-5H3,(H,14,16);10H,3-9H2,1-2H3,(H,13,15);8-9H,5-7H2,1-4H3,(H,13,15);7-8H,5-6H2,1-4H3,(H,12,14)/t10?,11-,12-,14?;11-;8?,9-,10-;8-,9+,10+;10-;8-,9-;7-,8+/m0001001/s1. The van der Waals surface area contributed by atoms with Gasteiger partial charge < -0.3 is 37.2 Å². The lowest BCUT2D eigenvalue weighted by Crippen LogP contribution is -2.53. The van der Waals surface area contributed by atoms with Crippen LogP contribution in [0, 0.1) is 16.7 Å². The number of rotatable bonds is 14. The summed E-state index contributed by atoms with van der Waals surface area (Å²) in [6.07, 6.45) is 20.8. The van der Waals surface area contributed by atoms with Gasteiger partial charge in [-0.3, -0.25) is 67.9 Å². The molecule has 4 saturated carbocycles. The summed E-state index contributed by atoms with van der Waals surface area (Å²) in [6.45, 7) is 36.6. The molecule has 0 aromatic rings. The van der Waals surface area contributed by atoms with E-state index in [1.807, 2.05) is 74.4 Å². The first kappa shape index (κ1) is 96.2. The molecule has 0 aromatic heterocycles. The van der Waals surface area contributed by atoms with Gasteiger partial charge in [0.1, 0.15) is 30.9 Å². The summed E-state index contributed by atoms with van der Waals surface area (Å²) in [6, 6.07) is -1.04. The van der Waals surface area contributed by atoms with Crippen molar-refractivity contribution in [2.24, 2.45) is 16.7 Å². The summed E-state index contributed by atoms with van der Waals surface area (Å²) in [4.78, 5) is 97.4. The minimum atomic E-state index is -0.870. The molecule has 0 radical (unpaired) electrons. The number of nitrogens with zero attached hydrogens (tertiary/aromatic N) is 7. The number of fused-ring (bicyclic) bond motifs is 1. The van der Waals surface area contributed by atoms with E-state index in [0.29, 0.717) is 70.7 Å². The predicted molar refractivity (Wildman–Crippen MR) is 432 cm³/mol. The molecule has 0 aromatic carbocycles. The Balaban J connectivity index is 0.000000230. The van der Waals surface area contributed by atoms with Crippen molar-refractivity contribution in [2.75, 3.05) is 95.1 Å². The Morgan fingerprint density at radius 3 is 0.927 bits per heavy atom. The molecule has 21 nitrogen and oxygen atoms in total. The fourth-order valence-electron chi connectivity index (χ4n) is 17.3. The minimum Gasteiger partial charge on any atom is -0.352 e. The molecule has 1 unspecified atom stereocenters. The van der Waals surface area contributed by atoms with Crippen LogP contribution in [0.4, 0.5) is 22.0 Å². The Hall–Kier alpha value is -4.34. The highest BCUT2D eigenvalue weighted by Gasteiger charge is 2.49. The number of amides is 7. The summed E-state index contributed by atoms with van der Waals surface area (Å²) in [5.41, 5.74) is -0.172. The Labute approximate surface area is 661 Å². The van der Waals surface area contributed by atoms with Crippen molar-refractivity contribution in [2.45, 2.75) is 384 Å². The van der Waals surface area contributed by atoms with Crippen LogP contribution in [-0.2, 0) is 33.6 Å². The van der Waals surface area contributed by atoms with Crippen LogP contribution in [0.3, 0.4) is 0 Å². The highest BCUT2D eigenvalue weighted by atomic mass is 19.2. The molecule has 0 bridgehead atoms. The first-order valence-corrected chi connectivity index (χ1v) is 42.2. The molecule has 7 N–H and O–H groups in total. The van der Waals surface area contributed by atoms with Gasteiger partial charge in [0.25, 0.3) is 0 Å². The second kappa shape index (κ2) is 42.0. The lowest BCUT2D eigenvalue weighted by atomic mass is 9.83. The largest absolute Gasteiger partial charge is 0.352 e. The lowest BCUT2D eigenvalue weighted by molar-refractivity contribution is -0.128. The van der Waals surface area contributed by atoms with Gasteiger partial charge >= 0.3 is 0 Å². The topological polar surface area (TPSA) is 226 Å². The van der Waals surface area contributed by atoms with Crippen LogP contribution in [0.2, 0.25) is 0 Å². The van der Waals surface area contributed by atoms with Gasteiger partial charge in [0.2, 0.25) is 41.4 Å². The van der Waals surface area contributed by atoms with Crippen molar-refractivity contribution in [1.29, 1.82) is 0 Å². The van der Waals surface area contributed by atoms with Crippen LogP contribution < -0.4 is 37.2 Å². The van der Waals surface area contributed by atoms with Crippen LogP contribution in [0.1, 0.15) is 271 Å². The zero-order valence-electron chi connectivity index (χ0n) is 72.7. The highest BCUT2D eigenvalue weighted by Crippen LogP contribution is 2.48. The average molecular weight is 1570 g/mol. The van der Waals surface area contributed by atoms with Gasteiger partial charge in [-0.15, -0.1) is 0 Å². The quantitative estimate of drug-likeness (QED) is 0.0804. The van der Waals surface area contributed by atoms with Crippen LogP contribution in [0.15, 0.2) is 0 Å². The van der Waals surface area contributed by atoms with Crippen LogP contribution in [-0.4, -0.2) is 284 Å². The lowest BCUT2D eigenvalue weighted by Gasteiger charge is -2.36. The Morgan fingerprint density at radius 1 is 0.364 bits per heavy atom. The summed E-state index contributed by atoms with van der Waals surface area (Å²) in [5, 5.41) is 21.6. The molecule has 7 amide bonds. The van der Waals surface area contributed by atoms with E-state index in [0.717, 1.165) is 83.7 Å². The van der Waals surface area contributed by atoms with Gasteiger partial charge in [0.05, 0.1) is 42.3 Å². The minimum absolute atomic E-state index is 0.0297. The SMILES string of the molecule is CC(NC(=O)[C@@H]1C[C@H](F)CN1C)C(C)(C)C.CCC(C)(C)NC(=O)[C@@H]1C[C@H](F)CN1C.CN1CCC[C@H]1C(=O)NC1(C)CCCC1.CN1CCC[C@H]1C(=O)NC1(C)CCCCC1.CN1C[C@@H](F)C[C@H]1C(=O)NC12CCCC1CCC2.CN1C[C@H](F)C[C@H]1C(=O)NC(C)(C)C.C[C@@H](NC(=O)[C@@H]1C[C@H](F)CN1C)C(C)(C)C. The molecule has 7 saturated heterocycles. The molecule has 26 heteroatoms. The van der Waals surface area contributed by atoms with E-state index in [4.69, 9.17) is 0 Å². The maximum absolute atomic E-state index is 13.3. The highest BCUT2D eigenvalue weighted by molar-refractivity contribution is 5.86. The number of alkyl halides is 5. The fourth-order valence-corrected chi connectivity index (χ4v) is 17.3. The van der Waals surface area contributed by atoms with E-state index >= 15 is 0 Å². The second-order valence-electron chi connectivity index (χ2n) is 39.4. The van der Waals surface area contributed by atoms with Gasteiger partial charge in [0, 0.05) is 105 Å². The maximum Gasteiger partial charge on any atom is 0.237 e. The summed E-state index contributed by atoms with van der Waals surface area (Å²) in [7, 11) is 13.1. The van der Waals surface area contributed by atoms with Crippen LogP contribution in [0.25, 0.3) is 0 Å². The third-order valence-electron chi connectivity index (χ3n) is 25.8. The number of likely N-dealkylation sites (N-methyl/N-ethyl adjacent to an activating group) is 7. The zero-order valence-corrected chi connectivity index (χ0v) is 72.7. The molecule has 0 spiro atoms. The van der Waals surface area contributed by atoms with Crippen LogP contribution >= 0.6 is 0 Å². The first-order chi connectivity index (χ1) is 50.9. The van der Waals surface area contributed by atoms with Crippen LogP contribution in [0.5, 0.6) is 0 Å². The number of hydrogen-bond donors (Lipinski definition) is 7. The molecule has 638 valence electrons. The number of likely N-dealkylation sites (tertiary alicyclic amines) is 7. The summed E-state index contributed by atoms with van der Waals surface area (Å²) < 4.78 is 65.7. The number of nitrogens with one attached hydrogen (secondary N) is 7. The third kappa shape index (κ3) is 30.1. The van der Waals surface area contributed by atoms with E-state index in [1.165, 1.54) is 57.8 Å². The van der Waals surface area contributed by atoms with Crippen molar-refractivity contribution in [3.8, 4) is 0 Å². The maximum atomic E-state index is 13.3. The molecule has 7 heterocycles. The molecule has 11 aliphatic rings. The third-order valence-corrected chi connectivity index (χ3v) is 25.8. The molecular formula is C84H155F5N14O7. The number of carbonyl (C=O) groups is 7. The number of carbonyl (C=O) groups excluding carboxylic acids is 7. The van der Waals surface area contributed by atoms with E-state index in [9.17, 15) is 55.5 Å². The van der Waals surface area contributed by atoms with Crippen molar-refractivity contribution < 1.29 is 55.5 Å². The van der Waals surface area contributed by atoms with E-state index in [1.54, 1.807) is 47.8 Å². The molecular weight excluding hydrogens is 1410 g/mol. The van der Waals surface area contributed by atoms with Gasteiger partial charge in [-0.1, -0.05) is 93.4 Å². The first-order valence-electron chi connectivity index (χ1n) is 42.2. The molecule has 11 rings (SSSR count). The zero-order chi connectivity index (χ0) is 82.8. The number of halogens is 5. The molecule has 4 aliphatic carbocycles. The average Bonchev–Trinajstić information content (AvgIpc) is 1.63. The normalized spacial score (nSPS) is 31.8. The molecule has 11 fully saturated rings. The smallest absolute Gasteiger partial charge is 0.237 e. The van der Waals surface area contributed by atoms with Gasteiger partial charge in [0.15, 0.2) is 0 Å². The van der Waals surface area contributed by atoms with Crippen molar-refractivity contribution in [3.05, 3.63) is 0 Å². The Kier molecular flexibility index (Phi) is 36.7. The monoisotopic (exact) mass is 1570 g/mol. The van der Waals surface area contributed by atoms with Crippen molar-refractivity contribution in [1.82, 2.24) is 71.5 Å². The summed E-state index contributed by atoms with van der Waals surface area (Å²) >= 11 is 0. The van der Waals surface area contributed by atoms with Gasteiger partial charge in [-0.25, -0.2) is 22.0 Å². The molecule has 14 atom stereocenters. The molecule has 7 aliphatic heterocycles. The number of hydrogen-bond acceptors (Lipinski definition) is 14. The van der Waals surface area contributed by atoms with E-state index in [2.05, 4.69) is 109 Å². The van der Waals surface area contributed by atoms with Crippen molar-refractivity contribution in [3.63, 3.8) is 0 Å². The van der Waals surface area contributed by atoms with Gasteiger partial charge in [-0.05, 0) is 225 Å². The van der Waals surface area contributed by atoms with Crippen molar-refractivity contribution >= 4 is 41.4 Å². The predicted octanol–water partition coefficient (Wildman–Crippen LogP) is 10.8. The van der Waals surface area contributed by atoms with E-state index in [-0.39, 0.29) is 134 Å². The van der Waals surface area contributed by atoms with Gasteiger partial charge in [-0.2, -0.15) is 0 Å². The van der Waals surface area contributed by atoms with E-state index < -0.39 is 30.9 Å². The Morgan fingerprint density at radius 2 is 0.655 bits per heavy atom. The fraction of sp³-hybridized carbons (Fsp3) is 0.917. The summed E-state index contributed by atoms with van der Waals surface area (Å²) in [5.74, 6) is 1.02. The Bertz CT molecular complexity index is 2840. The molecule has 110 heavy (non-hydrogen) atoms. The second-order valence-corrected chi connectivity index (χ2v) is 39.4.